The zero-order chi connectivity index (χ0) is 32.0. The predicted octanol–water partition coefficient (Wildman–Crippen LogP) is 7.19. The normalized spacial score (nSPS) is 13.4. The van der Waals surface area contributed by atoms with Gasteiger partial charge in [0.15, 0.2) is 0 Å². The van der Waals surface area contributed by atoms with E-state index in [9.17, 15) is 22.8 Å². The fraction of sp³-hybridized carbons (Fsp3) is 0.229. The second kappa shape index (κ2) is 15.0. The van der Waals surface area contributed by atoms with Crippen LogP contribution in [0.15, 0.2) is 97.1 Å². The Morgan fingerprint density at radius 3 is 2.13 bits per heavy atom. The third-order valence-corrected chi connectivity index (χ3v) is 7.75. The Bertz CT molecular complexity index is 1680. The number of amidine groups is 1. The highest BCUT2D eigenvalue weighted by atomic mass is 35.5. The number of nitrogens with one attached hydrogen (secondary N) is 2. The van der Waals surface area contributed by atoms with E-state index in [1.54, 1.807) is 18.2 Å². The average molecular weight is 651 g/mol. The molecular weight excluding hydrogens is 617 g/mol. The molecule has 1 heterocycles. The van der Waals surface area contributed by atoms with E-state index in [0.717, 1.165) is 36.1 Å². The molecule has 11 heteroatoms. The van der Waals surface area contributed by atoms with Crippen LogP contribution < -0.4 is 15.8 Å². The summed E-state index contributed by atoms with van der Waals surface area (Å²) in [5.74, 6) is -2.03. The molecule has 4 aromatic rings. The van der Waals surface area contributed by atoms with Crippen molar-refractivity contribution < 1.29 is 27.5 Å². The lowest BCUT2D eigenvalue weighted by molar-refractivity contribution is -0.138. The number of alkyl halides is 3. The molecular formula is C35H34ClF3N4O3. The lowest BCUT2D eigenvalue weighted by Gasteiger charge is -2.23. The molecule has 4 aromatic carbocycles. The molecule has 1 fully saturated rings. The lowest BCUT2D eigenvalue weighted by atomic mass is 9.89. The van der Waals surface area contributed by atoms with Crippen molar-refractivity contribution in [3.8, 4) is 5.75 Å². The summed E-state index contributed by atoms with van der Waals surface area (Å²) in [4.78, 5) is 28.4. The number of carbonyl (C=O) groups excluding carboxylic acids is 2. The van der Waals surface area contributed by atoms with Crippen LogP contribution in [0.4, 0.5) is 18.9 Å². The van der Waals surface area contributed by atoms with E-state index in [1.165, 1.54) is 11.0 Å². The molecule has 7 nitrogen and oxygen atoms in total. The topological polar surface area (TPSA) is 109 Å². The van der Waals surface area contributed by atoms with E-state index < -0.39 is 35.0 Å². The Balaban J connectivity index is 0.00000480. The van der Waals surface area contributed by atoms with Crippen LogP contribution in [-0.4, -0.2) is 35.6 Å². The number of nitrogens with zero attached hydrogens (tertiary/aromatic N) is 1. The first kappa shape index (κ1) is 34.1. The lowest BCUT2D eigenvalue weighted by Crippen LogP contribution is -2.30. The van der Waals surface area contributed by atoms with Gasteiger partial charge in [-0.05, 0) is 66.8 Å². The smallest absolute Gasteiger partial charge is 0.417 e. The van der Waals surface area contributed by atoms with Gasteiger partial charge in [0, 0.05) is 29.9 Å². The Kier molecular flexibility index (Phi) is 11.1. The largest absolute Gasteiger partial charge is 0.489 e. The van der Waals surface area contributed by atoms with E-state index in [2.05, 4.69) is 5.32 Å². The van der Waals surface area contributed by atoms with Gasteiger partial charge in [0.05, 0.1) is 17.0 Å². The van der Waals surface area contributed by atoms with Gasteiger partial charge >= 0.3 is 6.18 Å². The molecule has 2 amide bonds. The van der Waals surface area contributed by atoms with Crippen LogP contribution >= 0.6 is 12.4 Å². The number of amides is 2. The minimum Gasteiger partial charge on any atom is -0.489 e. The van der Waals surface area contributed by atoms with Gasteiger partial charge in [-0.3, -0.25) is 15.0 Å². The molecule has 5 rings (SSSR count). The first-order chi connectivity index (χ1) is 21.6. The highest BCUT2D eigenvalue weighted by molar-refractivity contribution is 6.00. The summed E-state index contributed by atoms with van der Waals surface area (Å²) >= 11 is 0. The number of likely N-dealkylation sites (tertiary alicyclic amines) is 1. The van der Waals surface area contributed by atoms with Crippen LogP contribution in [0.1, 0.15) is 56.9 Å². The van der Waals surface area contributed by atoms with Crippen molar-refractivity contribution in [2.45, 2.75) is 38.0 Å². The molecule has 0 spiro atoms. The molecule has 0 bridgehead atoms. The minimum atomic E-state index is -4.82. The molecule has 46 heavy (non-hydrogen) atoms. The number of halogens is 4. The molecule has 1 saturated heterocycles. The minimum absolute atomic E-state index is 0. The van der Waals surface area contributed by atoms with Crippen LogP contribution in [0.5, 0.6) is 5.75 Å². The SMILES string of the molecule is Cl.N=C(N)c1ccc(OCc2ccccc2)c(C(Cc2ccccc2)C(=O)Nc2ccc(C(=O)N3CCCC3)c(C(F)(F)F)c2)c1. The van der Waals surface area contributed by atoms with Gasteiger partial charge in [-0.25, -0.2) is 0 Å². The van der Waals surface area contributed by atoms with Gasteiger partial charge < -0.3 is 20.7 Å². The monoisotopic (exact) mass is 650 g/mol. The van der Waals surface area contributed by atoms with Crippen LogP contribution in [0.3, 0.4) is 0 Å². The van der Waals surface area contributed by atoms with Crippen molar-refractivity contribution in [3.05, 3.63) is 130 Å². The van der Waals surface area contributed by atoms with E-state index in [0.29, 0.717) is 30.0 Å². The van der Waals surface area contributed by atoms with Gasteiger partial charge in [-0.15, -0.1) is 12.4 Å². The molecule has 0 saturated carbocycles. The number of carbonyl (C=O) groups is 2. The van der Waals surface area contributed by atoms with Gasteiger partial charge in [0.25, 0.3) is 5.91 Å². The molecule has 0 aliphatic carbocycles. The van der Waals surface area contributed by atoms with Crippen LogP contribution in [0, 0.1) is 5.41 Å². The Morgan fingerprint density at radius 1 is 0.891 bits per heavy atom. The number of anilines is 1. The Labute approximate surface area is 271 Å². The summed E-state index contributed by atoms with van der Waals surface area (Å²) in [5.41, 5.74) is 6.64. The molecule has 0 aromatic heterocycles. The van der Waals surface area contributed by atoms with Crippen molar-refractivity contribution in [1.82, 2.24) is 4.90 Å². The van der Waals surface area contributed by atoms with Gasteiger partial charge in [0.1, 0.15) is 18.2 Å². The Morgan fingerprint density at radius 2 is 1.52 bits per heavy atom. The maximum absolute atomic E-state index is 14.2. The van der Waals surface area contributed by atoms with Crippen molar-refractivity contribution >= 4 is 35.7 Å². The van der Waals surface area contributed by atoms with Crippen molar-refractivity contribution in [1.29, 1.82) is 5.41 Å². The average Bonchev–Trinajstić information content (AvgIpc) is 3.58. The number of hydrogen-bond acceptors (Lipinski definition) is 4. The van der Waals surface area contributed by atoms with E-state index >= 15 is 0 Å². The summed E-state index contributed by atoms with van der Waals surface area (Å²) in [6.45, 7) is 1.02. The Hall–Kier alpha value is -4.83. The second-order valence-electron chi connectivity index (χ2n) is 10.9. The summed E-state index contributed by atoms with van der Waals surface area (Å²) in [7, 11) is 0. The zero-order valence-electron chi connectivity index (χ0n) is 24.8. The summed E-state index contributed by atoms with van der Waals surface area (Å²) < 4.78 is 48.7. The number of rotatable bonds is 10. The summed E-state index contributed by atoms with van der Waals surface area (Å²) in [5, 5.41) is 10.6. The fourth-order valence-electron chi connectivity index (χ4n) is 5.41. The third kappa shape index (κ3) is 8.25. The quantitative estimate of drug-likeness (QED) is 0.125. The number of ether oxygens (including phenoxy) is 1. The summed E-state index contributed by atoms with van der Waals surface area (Å²) in [6.07, 6.45) is -3.14. The first-order valence-electron chi connectivity index (χ1n) is 14.6. The van der Waals surface area contributed by atoms with Crippen LogP contribution in [-0.2, 0) is 24.0 Å². The first-order valence-corrected chi connectivity index (χ1v) is 14.6. The van der Waals surface area contributed by atoms with E-state index in [-0.39, 0.29) is 37.0 Å². The highest BCUT2D eigenvalue weighted by Gasteiger charge is 2.37. The molecule has 1 unspecified atom stereocenters. The molecule has 4 N–H and O–H groups in total. The van der Waals surface area contributed by atoms with E-state index in [1.807, 2.05) is 60.7 Å². The third-order valence-electron chi connectivity index (χ3n) is 7.75. The number of benzene rings is 4. The highest BCUT2D eigenvalue weighted by Crippen LogP contribution is 2.36. The molecule has 0 radical (unpaired) electrons. The maximum atomic E-state index is 14.2. The second-order valence-corrected chi connectivity index (χ2v) is 10.9. The molecule has 240 valence electrons. The predicted molar refractivity (Wildman–Crippen MR) is 174 cm³/mol. The van der Waals surface area contributed by atoms with Gasteiger partial charge in [0.2, 0.25) is 5.91 Å². The molecule has 1 aliphatic rings. The van der Waals surface area contributed by atoms with E-state index in [4.69, 9.17) is 15.9 Å². The van der Waals surface area contributed by atoms with Crippen LogP contribution in [0.25, 0.3) is 0 Å². The zero-order valence-corrected chi connectivity index (χ0v) is 25.7. The fourth-order valence-corrected chi connectivity index (χ4v) is 5.41. The van der Waals surface area contributed by atoms with Crippen molar-refractivity contribution in [2.24, 2.45) is 5.73 Å². The van der Waals surface area contributed by atoms with Crippen molar-refractivity contribution in [2.75, 3.05) is 18.4 Å². The number of nitrogen functional groups attached to an aromatic ring is 1. The van der Waals surface area contributed by atoms with Crippen molar-refractivity contribution in [3.63, 3.8) is 0 Å². The van der Waals surface area contributed by atoms with Gasteiger partial charge in [-0.1, -0.05) is 60.7 Å². The maximum Gasteiger partial charge on any atom is 0.417 e. The molecule has 1 aliphatic heterocycles. The molecule has 1 atom stereocenters. The van der Waals surface area contributed by atoms with Gasteiger partial charge in [-0.2, -0.15) is 13.2 Å². The number of nitrogens with two attached hydrogens (primary N) is 1. The standard InChI is InChI=1S/C35H33F3N4O3.ClH/c36-35(37,38)30-21-26(14-15-27(30)34(44)42-17-7-8-18-42)41-33(43)29(19-23-9-3-1-4-10-23)28-20-25(32(39)40)13-16-31(28)45-22-24-11-5-2-6-12-24;/h1-6,9-16,20-21,29H,7-8,17-19,22H2,(H3,39,40)(H,41,43);1H. The summed E-state index contributed by atoms with van der Waals surface area (Å²) in [6, 6.07) is 26.7. The number of hydrogen-bond donors (Lipinski definition) is 3. The van der Waals surface area contributed by atoms with Crippen LogP contribution in [0.2, 0.25) is 0 Å².